The van der Waals surface area contributed by atoms with Crippen molar-refractivity contribution in [1.29, 1.82) is 0 Å². The first-order valence-electron chi connectivity index (χ1n) is 12.3. The molecule has 2 aromatic rings. The molecule has 1 aromatic heterocycles. The summed E-state index contributed by atoms with van der Waals surface area (Å²) < 4.78 is 16.1. The minimum absolute atomic E-state index is 0.0452. The zero-order chi connectivity index (χ0) is 23.5. The Kier molecular flexibility index (Phi) is 6.74. The third-order valence-corrected chi connectivity index (χ3v) is 7.34. The SMILES string of the molecule is COc1ccc(-c2noc(N3CCC(C(=O)NCC4CCN(CC5(C)COC5)C4)CC3)n2)cc1. The monoisotopic (exact) mass is 469 g/mol. The van der Waals surface area contributed by atoms with E-state index in [-0.39, 0.29) is 11.8 Å². The summed E-state index contributed by atoms with van der Waals surface area (Å²) in [5, 5.41) is 7.35. The van der Waals surface area contributed by atoms with Crippen LogP contribution in [0.4, 0.5) is 6.01 Å². The van der Waals surface area contributed by atoms with Gasteiger partial charge in [-0.2, -0.15) is 4.98 Å². The van der Waals surface area contributed by atoms with Crippen molar-refractivity contribution in [3.05, 3.63) is 24.3 Å². The molecule has 3 aliphatic rings. The largest absolute Gasteiger partial charge is 0.497 e. The van der Waals surface area contributed by atoms with Crippen LogP contribution in [0, 0.1) is 17.3 Å². The average Bonchev–Trinajstić information content (AvgIpc) is 3.52. The molecule has 9 heteroatoms. The van der Waals surface area contributed by atoms with Crippen LogP contribution in [0.15, 0.2) is 28.8 Å². The molecule has 3 saturated heterocycles. The van der Waals surface area contributed by atoms with Gasteiger partial charge in [0.1, 0.15) is 5.75 Å². The van der Waals surface area contributed by atoms with Gasteiger partial charge in [0.25, 0.3) is 0 Å². The van der Waals surface area contributed by atoms with E-state index < -0.39 is 0 Å². The van der Waals surface area contributed by atoms with Gasteiger partial charge in [-0.3, -0.25) is 4.79 Å². The number of methoxy groups -OCH3 is 1. The average molecular weight is 470 g/mol. The summed E-state index contributed by atoms with van der Waals surface area (Å²) in [6.45, 7) is 9.58. The molecule has 1 aromatic carbocycles. The Balaban J connectivity index is 1.05. The molecule has 4 heterocycles. The highest BCUT2D eigenvalue weighted by atomic mass is 16.5. The predicted octanol–water partition coefficient (Wildman–Crippen LogP) is 2.44. The number of benzene rings is 1. The van der Waals surface area contributed by atoms with Gasteiger partial charge in [-0.15, -0.1) is 0 Å². The Morgan fingerprint density at radius 1 is 1.18 bits per heavy atom. The molecule has 0 spiro atoms. The number of hydrogen-bond acceptors (Lipinski definition) is 8. The van der Waals surface area contributed by atoms with Crippen molar-refractivity contribution in [3.8, 4) is 17.1 Å². The minimum atomic E-state index is 0.0452. The number of carbonyl (C=O) groups excluding carboxylic acids is 1. The number of amides is 1. The van der Waals surface area contributed by atoms with Gasteiger partial charge in [0.15, 0.2) is 0 Å². The Morgan fingerprint density at radius 2 is 1.94 bits per heavy atom. The van der Waals surface area contributed by atoms with Crippen LogP contribution in [-0.4, -0.2) is 80.5 Å². The van der Waals surface area contributed by atoms with E-state index in [1.165, 1.54) is 0 Å². The van der Waals surface area contributed by atoms with Gasteiger partial charge in [0.2, 0.25) is 11.7 Å². The van der Waals surface area contributed by atoms with Crippen molar-refractivity contribution >= 4 is 11.9 Å². The molecule has 0 aliphatic carbocycles. The van der Waals surface area contributed by atoms with Gasteiger partial charge in [-0.05, 0) is 56.0 Å². The van der Waals surface area contributed by atoms with Gasteiger partial charge < -0.3 is 29.1 Å². The van der Waals surface area contributed by atoms with Crippen LogP contribution in [0.3, 0.4) is 0 Å². The number of hydrogen-bond donors (Lipinski definition) is 1. The van der Waals surface area contributed by atoms with Gasteiger partial charge in [0, 0.05) is 49.6 Å². The van der Waals surface area contributed by atoms with Crippen LogP contribution in [0.2, 0.25) is 0 Å². The van der Waals surface area contributed by atoms with E-state index in [1.807, 2.05) is 24.3 Å². The van der Waals surface area contributed by atoms with E-state index in [9.17, 15) is 4.79 Å². The number of rotatable bonds is 8. The predicted molar refractivity (Wildman–Crippen MR) is 128 cm³/mol. The molecule has 5 rings (SSSR count). The first-order valence-corrected chi connectivity index (χ1v) is 12.3. The zero-order valence-electron chi connectivity index (χ0n) is 20.2. The van der Waals surface area contributed by atoms with E-state index in [0.717, 1.165) is 83.1 Å². The molecule has 3 aliphatic heterocycles. The van der Waals surface area contributed by atoms with Crippen molar-refractivity contribution in [2.24, 2.45) is 17.3 Å². The smallest absolute Gasteiger partial charge is 0.324 e. The number of nitrogens with zero attached hydrogens (tertiary/aromatic N) is 4. The second-order valence-electron chi connectivity index (χ2n) is 10.3. The molecule has 0 saturated carbocycles. The van der Waals surface area contributed by atoms with Crippen LogP contribution in [0.5, 0.6) is 5.75 Å². The van der Waals surface area contributed by atoms with Gasteiger partial charge in [-0.1, -0.05) is 12.1 Å². The van der Waals surface area contributed by atoms with Crippen molar-refractivity contribution in [2.45, 2.75) is 26.2 Å². The second kappa shape index (κ2) is 9.92. The zero-order valence-corrected chi connectivity index (χ0v) is 20.2. The van der Waals surface area contributed by atoms with E-state index in [1.54, 1.807) is 7.11 Å². The number of aromatic nitrogens is 2. The fourth-order valence-corrected chi connectivity index (χ4v) is 5.23. The van der Waals surface area contributed by atoms with Crippen molar-refractivity contribution in [2.75, 3.05) is 64.5 Å². The quantitative estimate of drug-likeness (QED) is 0.630. The third-order valence-electron chi connectivity index (χ3n) is 7.34. The maximum absolute atomic E-state index is 12.8. The summed E-state index contributed by atoms with van der Waals surface area (Å²) in [5.41, 5.74) is 1.20. The van der Waals surface area contributed by atoms with Gasteiger partial charge >= 0.3 is 6.01 Å². The number of piperidine rings is 1. The van der Waals surface area contributed by atoms with Crippen LogP contribution in [-0.2, 0) is 9.53 Å². The molecular weight excluding hydrogens is 434 g/mol. The summed E-state index contributed by atoms with van der Waals surface area (Å²) in [6.07, 6.45) is 2.74. The summed E-state index contributed by atoms with van der Waals surface area (Å²) >= 11 is 0. The number of likely N-dealkylation sites (tertiary alicyclic amines) is 1. The Labute approximate surface area is 200 Å². The molecular formula is C25H35N5O4. The highest BCUT2D eigenvalue weighted by molar-refractivity contribution is 5.79. The first kappa shape index (κ1) is 23.1. The summed E-state index contributed by atoms with van der Waals surface area (Å²) in [4.78, 5) is 21.9. The van der Waals surface area contributed by atoms with E-state index in [0.29, 0.717) is 23.2 Å². The molecule has 1 amide bonds. The second-order valence-corrected chi connectivity index (χ2v) is 10.3. The lowest BCUT2D eigenvalue weighted by atomic mass is 9.88. The maximum atomic E-state index is 12.8. The molecule has 1 atom stereocenters. The number of anilines is 1. The molecule has 1 N–H and O–H groups in total. The summed E-state index contributed by atoms with van der Waals surface area (Å²) in [7, 11) is 1.64. The fourth-order valence-electron chi connectivity index (χ4n) is 5.23. The van der Waals surface area contributed by atoms with Crippen LogP contribution < -0.4 is 15.0 Å². The van der Waals surface area contributed by atoms with Gasteiger partial charge in [-0.25, -0.2) is 0 Å². The fraction of sp³-hybridized carbons (Fsp3) is 0.640. The van der Waals surface area contributed by atoms with Crippen molar-refractivity contribution in [3.63, 3.8) is 0 Å². The maximum Gasteiger partial charge on any atom is 0.324 e. The Bertz CT molecular complexity index is 966. The molecule has 9 nitrogen and oxygen atoms in total. The first-order chi connectivity index (χ1) is 16.5. The highest BCUT2D eigenvalue weighted by Gasteiger charge is 2.37. The summed E-state index contributed by atoms with van der Waals surface area (Å²) in [6, 6.07) is 8.09. The van der Waals surface area contributed by atoms with E-state index >= 15 is 0 Å². The van der Waals surface area contributed by atoms with Gasteiger partial charge in [0.05, 0.1) is 20.3 Å². The number of nitrogens with one attached hydrogen (secondary N) is 1. The third kappa shape index (κ3) is 5.20. The summed E-state index contributed by atoms with van der Waals surface area (Å²) in [5.74, 6) is 2.12. The minimum Gasteiger partial charge on any atom is -0.497 e. The molecule has 184 valence electrons. The number of ether oxygens (including phenoxy) is 2. The lowest BCUT2D eigenvalue weighted by Gasteiger charge is -2.40. The van der Waals surface area contributed by atoms with E-state index in [4.69, 9.17) is 14.0 Å². The Morgan fingerprint density at radius 3 is 2.62 bits per heavy atom. The van der Waals surface area contributed by atoms with E-state index in [2.05, 4.69) is 32.2 Å². The van der Waals surface area contributed by atoms with Crippen molar-refractivity contribution < 1.29 is 18.8 Å². The Hall–Kier alpha value is -2.65. The number of carbonyl (C=O) groups is 1. The van der Waals surface area contributed by atoms with Crippen LogP contribution in [0.1, 0.15) is 26.2 Å². The van der Waals surface area contributed by atoms with Crippen molar-refractivity contribution in [1.82, 2.24) is 20.4 Å². The molecule has 0 radical (unpaired) electrons. The topological polar surface area (TPSA) is 93.0 Å². The molecule has 34 heavy (non-hydrogen) atoms. The highest BCUT2D eigenvalue weighted by Crippen LogP contribution is 2.30. The standard InChI is InChI=1S/C25H35N5O4/c1-25(16-33-17-25)15-29-10-7-18(14-29)13-26-23(31)20-8-11-30(12-9-20)24-27-22(28-34-24)19-3-5-21(32-2)6-4-19/h3-6,18,20H,7-17H2,1-2H3,(H,26,31). The molecule has 0 bridgehead atoms. The van der Waals surface area contributed by atoms with Crippen LogP contribution in [0.25, 0.3) is 11.4 Å². The normalized spacial score (nSPS) is 23.0. The lowest BCUT2D eigenvalue weighted by Crippen LogP contribution is -2.48. The lowest BCUT2D eigenvalue weighted by molar-refractivity contribution is -0.125. The molecule has 3 fully saturated rings. The van der Waals surface area contributed by atoms with Crippen LogP contribution >= 0.6 is 0 Å². The molecule has 1 unspecified atom stereocenters.